The van der Waals surface area contributed by atoms with Gasteiger partial charge < -0.3 is 10.4 Å². The standard InChI is InChI=1S/C12H22F3NO2/c1-4-11(5-2,10(17)18)8-16-9(3)6-7-12(13,14)15/h9,16H,4-8H2,1-3H3,(H,17,18). The Morgan fingerprint density at radius 3 is 2.11 bits per heavy atom. The zero-order valence-electron chi connectivity index (χ0n) is 11.1. The maximum absolute atomic E-state index is 12.0. The Morgan fingerprint density at radius 1 is 1.28 bits per heavy atom. The van der Waals surface area contributed by atoms with E-state index in [4.69, 9.17) is 0 Å². The van der Waals surface area contributed by atoms with E-state index in [1.54, 1.807) is 20.8 Å². The van der Waals surface area contributed by atoms with Crippen LogP contribution in [0.15, 0.2) is 0 Å². The summed E-state index contributed by atoms with van der Waals surface area (Å²) in [5.74, 6) is -0.900. The number of carboxylic acids is 1. The first-order valence-corrected chi connectivity index (χ1v) is 6.20. The number of aliphatic carboxylic acids is 1. The summed E-state index contributed by atoms with van der Waals surface area (Å²) in [7, 11) is 0. The van der Waals surface area contributed by atoms with Gasteiger partial charge in [0.25, 0.3) is 0 Å². The second kappa shape index (κ2) is 6.97. The van der Waals surface area contributed by atoms with Crippen molar-refractivity contribution in [3.05, 3.63) is 0 Å². The van der Waals surface area contributed by atoms with Gasteiger partial charge in [0.05, 0.1) is 5.41 Å². The lowest BCUT2D eigenvalue weighted by atomic mass is 9.82. The van der Waals surface area contributed by atoms with Crippen LogP contribution in [0.25, 0.3) is 0 Å². The highest BCUT2D eigenvalue weighted by atomic mass is 19.4. The predicted octanol–water partition coefficient (Wildman–Crippen LogP) is 3.20. The molecular formula is C12H22F3NO2. The van der Waals surface area contributed by atoms with Gasteiger partial charge in [0.2, 0.25) is 0 Å². The van der Waals surface area contributed by atoms with E-state index in [0.717, 1.165) is 0 Å². The first-order valence-electron chi connectivity index (χ1n) is 6.20. The molecule has 108 valence electrons. The fourth-order valence-corrected chi connectivity index (χ4v) is 1.73. The summed E-state index contributed by atoms with van der Waals surface area (Å²) in [5, 5.41) is 12.1. The molecule has 0 bridgehead atoms. The summed E-state index contributed by atoms with van der Waals surface area (Å²) in [4.78, 5) is 11.2. The quantitative estimate of drug-likeness (QED) is 0.711. The maximum Gasteiger partial charge on any atom is 0.389 e. The average Bonchev–Trinajstić information content (AvgIpc) is 2.27. The van der Waals surface area contributed by atoms with Gasteiger partial charge in [-0.25, -0.2) is 0 Å². The molecule has 18 heavy (non-hydrogen) atoms. The summed E-state index contributed by atoms with van der Waals surface area (Å²) < 4.78 is 36.1. The van der Waals surface area contributed by atoms with Crippen molar-refractivity contribution in [3.63, 3.8) is 0 Å². The van der Waals surface area contributed by atoms with Crippen molar-refractivity contribution in [2.45, 2.75) is 58.7 Å². The number of alkyl halides is 3. The summed E-state index contributed by atoms with van der Waals surface area (Å²) in [6, 6.07) is -0.344. The fourth-order valence-electron chi connectivity index (χ4n) is 1.73. The van der Waals surface area contributed by atoms with Crippen LogP contribution in [0.3, 0.4) is 0 Å². The van der Waals surface area contributed by atoms with Crippen LogP contribution in [0, 0.1) is 5.41 Å². The molecule has 0 radical (unpaired) electrons. The number of hydrogen-bond acceptors (Lipinski definition) is 2. The Bertz CT molecular complexity index is 263. The predicted molar refractivity (Wildman–Crippen MR) is 63.4 cm³/mol. The number of halogens is 3. The number of rotatable bonds is 8. The molecule has 0 amide bonds. The Hall–Kier alpha value is -0.780. The molecule has 0 aliphatic heterocycles. The van der Waals surface area contributed by atoms with Crippen LogP contribution in [-0.2, 0) is 4.79 Å². The molecule has 0 fully saturated rings. The Morgan fingerprint density at radius 2 is 1.78 bits per heavy atom. The molecule has 1 atom stereocenters. The fraction of sp³-hybridized carbons (Fsp3) is 0.917. The van der Waals surface area contributed by atoms with E-state index < -0.39 is 24.0 Å². The number of hydrogen-bond donors (Lipinski definition) is 2. The van der Waals surface area contributed by atoms with Gasteiger partial charge in [-0.2, -0.15) is 13.2 Å². The van der Waals surface area contributed by atoms with Crippen molar-refractivity contribution in [2.24, 2.45) is 5.41 Å². The Labute approximate surface area is 106 Å². The molecule has 0 saturated carbocycles. The Balaban J connectivity index is 4.24. The van der Waals surface area contributed by atoms with Crippen molar-refractivity contribution >= 4 is 5.97 Å². The lowest BCUT2D eigenvalue weighted by Crippen LogP contribution is -2.43. The molecule has 0 aliphatic rings. The smallest absolute Gasteiger partial charge is 0.389 e. The zero-order valence-corrected chi connectivity index (χ0v) is 11.1. The normalized spacial score (nSPS) is 14.6. The molecule has 0 aromatic carbocycles. The van der Waals surface area contributed by atoms with Crippen LogP contribution in [-0.4, -0.2) is 29.8 Å². The zero-order chi connectivity index (χ0) is 14.4. The number of carboxylic acid groups (broad SMARTS) is 1. The monoisotopic (exact) mass is 269 g/mol. The average molecular weight is 269 g/mol. The Kier molecular flexibility index (Phi) is 6.67. The second-order valence-electron chi connectivity index (χ2n) is 4.73. The van der Waals surface area contributed by atoms with Gasteiger partial charge in [-0.1, -0.05) is 13.8 Å². The largest absolute Gasteiger partial charge is 0.481 e. The van der Waals surface area contributed by atoms with E-state index in [1.807, 2.05) is 0 Å². The lowest BCUT2D eigenvalue weighted by molar-refractivity contribution is -0.149. The topological polar surface area (TPSA) is 49.3 Å². The molecule has 0 aromatic rings. The van der Waals surface area contributed by atoms with Crippen molar-refractivity contribution in [2.75, 3.05) is 6.54 Å². The first kappa shape index (κ1) is 17.2. The number of nitrogens with one attached hydrogen (secondary N) is 1. The van der Waals surface area contributed by atoms with Crippen molar-refractivity contribution in [3.8, 4) is 0 Å². The van der Waals surface area contributed by atoms with Gasteiger partial charge in [-0.3, -0.25) is 4.79 Å². The summed E-state index contributed by atoms with van der Waals surface area (Å²) in [6.45, 7) is 5.40. The van der Waals surface area contributed by atoms with Gasteiger partial charge in [0.1, 0.15) is 0 Å². The SMILES string of the molecule is CCC(CC)(CNC(C)CCC(F)(F)F)C(=O)O. The van der Waals surface area contributed by atoms with Gasteiger partial charge in [0.15, 0.2) is 0 Å². The van der Waals surface area contributed by atoms with Crippen LogP contribution in [0.5, 0.6) is 0 Å². The van der Waals surface area contributed by atoms with E-state index >= 15 is 0 Å². The molecular weight excluding hydrogens is 247 g/mol. The molecule has 6 heteroatoms. The molecule has 0 aromatic heterocycles. The highest BCUT2D eigenvalue weighted by molar-refractivity contribution is 5.74. The van der Waals surface area contributed by atoms with Crippen molar-refractivity contribution in [1.82, 2.24) is 5.32 Å². The van der Waals surface area contributed by atoms with Crippen LogP contribution in [0.2, 0.25) is 0 Å². The molecule has 0 aliphatic carbocycles. The van der Waals surface area contributed by atoms with E-state index in [0.29, 0.717) is 12.8 Å². The van der Waals surface area contributed by atoms with Gasteiger partial charge in [-0.05, 0) is 26.2 Å². The maximum atomic E-state index is 12.0. The van der Waals surface area contributed by atoms with Crippen LogP contribution in [0.4, 0.5) is 13.2 Å². The van der Waals surface area contributed by atoms with Crippen LogP contribution >= 0.6 is 0 Å². The minimum atomic E-state index is -4.16. The molecule has 0 rings (SSSR count). The third kappa shape index (κ3) is 5.71. The van der Waals surface area contributed by atoms with Crippen LogP contribution in [0.1, 0.15) is 46.5 Å². The first-order chi connectivity index (χ1) is 8.17. The van der Waals surface area contributed by atoms with Gasteiger partial charge >= 0.3 is 12.1 Å². The number of carbonyl (C=O) groups is 1. The molecule has 0 saturated heterocycles. The minimum absolute atomic E-state index is 0.0351. The summed E-state index contributed by atoms with van der Waals surface area (Å²) in [5.41, 5.74) is -0.882. The highest BCUT2D eigenvalue weighted by Crippen LogP contribution is 2.26. The molecule has 2 N–H and O–H groups in total. The third-order valence-electron chi connectivity index (χ3n) is 3.46. The van der Waals surface area contributed by atoms with Crippen LogP contribution < -0.4 is 5.32 Å². The van der Waals surface area contributed by atoms with E-state index in [2.05, 4.69) is 5.32 Å². The van der Waals surface area contributed by atoms with E-state index in [9.17, 15) is 23.1 Å². The highest BCUT2D eigenvalue weighted by Gasteiger charge is 2.35. The van der Waals surface area contributed by atoms with Gasteiger partial charge in [-0.15, -0.1) is 0 Å². The molecule has 3 nitrogen and oxygen atoms in total. The molecule has 0 spiro atoms. The molecule has 1 unspecified atom stereocenters. The summed E-state index contributed by atoms with van der Waals surface area (Å²) in [6.07, 6.45) is -4.13. The van der Waals surface area contributed by atoms with Crippen molar-refractivity contribution in [1.29, 1.82) is 0 Å². The minimum Gasteiger partial charge on any atom is -0.481 e. The second-order valence-corrected chi connectivity index (χ2v) is 4.73. The van der Waals surface area contributed by atoms with Crippen molar-refractivity contribution < 1.29 is 23.1 Å². The van der Waals surface area contributed by atoms with Gasteiger partial charge in [0, 0.05) is 19.0 Å². The van der Waals surface area contributed by atoms with E-state index in [-0.39, 0.29) is 19.0 Å². The lowest BCUT2D eigenvalue weighted by Gasteiger charge is -2.29. The van der Waals surface area contributed by atoms with E-state index in [1.165, 1.54) is 0 Å². The summed E-state index contributed by atoms with van der Waals surface area (Å²) >= 11 is 0. The third-order valence-corrected chi connectivity index (χ3v) is 3.46. The molecule has 0 heterocycles.